The van der Waals surface area contributed by atoms with E-state index in [1.807, 2.05) is 26.2 Å². The molecule has 1 amide bonds. The largest absolute Gasteiger partial charge is 0.463 e. The maximum atomic E-state index is 12.3. The average molecular weight is 303 g/mol. The van der Waals surface area contributed by atoms with Crippen molar-refractivity contribution < 1.29 is 23.6 Å². The highest BCUT2D eigenvalue weighted by molar-refractivity contribution is 5.94. The molecular weight excluding hydrogens is 284 g/mol. The van der Waals surface area contributed by atoms with Gasteiger partial charge in [-0.1, -0.05) is 0 Å². The Morgan fingerprint density at radius 2 is 2.09 bits per heavy atom. The van der Waals surface area contributed by atoms with Crippen molar-refractivity contribution in [2.75, 3.05) is 27.4 Å². The van der Waals surface area contributed by atoms with Crippen molar-refractivity contribution in [3.05, 3.63) is 47.9 Å². The van der Waals surface area contributed by atoms with Crippen LogP contribution in [0.15, 0.2) is 41.0 Å². The van der Waals surface area contributed by atoms with Crippen molar-refractivity contribution in [3.8, 4) is 11.5 Å². The summed E-state index contributed by atoms with van der Waals surface area (Å²) in [6.07, 6.45) is 1.64. The van der Waals surface area contributed by atoms with Gasteiger partial charge in [0, 0.05) is 5.56 Å². The monoisotopic (exact) mass is 303 g/mol. The molecule has 3 rings (SSSR count). The summed E-state index contributed by atoms with van der Waals surface area (Å²) in [6, 6.07) is 9.01. The molecule has 0 unspecified atom stereocenters. The van der Waals surface area contributed by atoms with Crippen molar-refractivity contribution in [2.45, 2.75) is 6.04 Å². The number of hydrogen-bond acceptors (Lipinski definition) is 4. The standard InChI is InChI=1S/C16H18N2O4/c1-18(2)12(13-4-3-7-20-13)9-17-16(19)11-5-6-14-15(8-11)22-10-21-14/h3-8,12H,9-10H2,1-2H3,(H,17,19)/p+1/t12-/m0/s1. The summed E-state index contributed by atoms with van der Waals surface area (Å²) < 4.78 is 16.0. The summed E-state index contributed by atoms with van der Waals surface area (Å²) in [5, 5.41) is 2.94. The normalized spacial score (nSPS) is 14.1. The number of quaternary nitrogens is 1. The fourth-order valence-electron chi connectivity index (χ4n) is 2.41. The number of carbonyl (C=O) groups is 1. The lowest BCUT2D eigenvalue weighted by molar-refractivity contribution is -0.891. The van der Waals surface area contributed by atoms with E-state index in [1.54, 1.807) is 24.5 Å². The molecule has 2 N–H and O–H groups in total. The number of carbonyl (C=O) groups excluding carboxylic acids is 1. The zero-order chi connectivity index (χ0) is 15.5. The third-order valence-corrected chi connectivity index (χ3v) is 3.69. The summed E-state index contributed by atoms with van der Waals surface area (Å²) in [4.78, 5) is 13.5. The predicted molar refractivity (Wildman–Crippen MR) is 79.2 cm³/mol. The lowest BCUT2D eigenvalue weighted by Gasteiger charge is -2.19. The van der Waals surface area contributed by atoms with Gasteiger partial charge in [-0.15, -0.1) is 0 Å². The van der Waals surface area contributed by atoms with Crippen LogP contribution in [0, 0.1) is 0 Å². The second-order valence-electron chi connectivity index (χ2n) is 5.42. The molecule has 0 fully saturated rings. The molecule has 1 aromatic carbocycles. The summed E-state index contributed by atoms with van der Waals surface area (Å²) in [5.41, 5.74) is 0.552. The van der Waals surface area contributed by atoms with Crippen LogP contribution in [-0.2, 0) is 0 Å². The van der Waals surface area contributed by atoms with Crippen molar-refractivity contribution in [1.29, 1.82) is 0 Å². The number of benzene rings is 1. The Hall–Kier alpha value is -2.47. The third kappa shape index (κ3) is 2.92. The van der Waals surface area contributed by atoms with E-state index < -0.39 is 0 Å². The van der Waals surface area contributed by atoms with E-state index in [9.17, 15) is 4.79 Å². The van der Waals surface area contributed by atoms with Crippen LogP contribution in [0.3, 0.4) is 0 Å². The minimum Gasteiger partial charge on any atom is -0.463 e. The zero-order valence-corrected chi connectivity index (χ0v) is 12.6. The molecule has 2 aromatic rings. The van der Waals surface area contributed by atoms with E-state index in [1.165, 1.54) is 4.90 Å². The molecule has 1 aromatic heterocycles. The van der Waals surface area contributed by atoms with Gasteiger partial charge in [0.25, 0.3) is 5.91 Å². The molecule has 6 heteroatoms. The number of amides is 1. The molecule has 0 aliphatic carbocycles. The highest BCUT2D eigenvalue weighted by Crippen LogP contribution is 2.32. The Kier molecular flexibility index (Phi) is 4.02. The van der Waals surface area contributed by atoms with E-state index in [2.05, 4.69) is 5.32 Å². The lowest BCUT2D eigenvalue weighted by Crippen LogP contribution is -3.07. The molecule has 0 spiro atoms. The van der Waals surface area contributed by atoms with E-state index >= 15 is 0 Å². The Bertz CT molecular complexity index is 652. The molecule has 6 nitrogen and oxygen atoms in total. The fourth-order valence-corrected chi connectivity index (χ4v) is 2.41. The third-order valence-electron chi connectivity index (χ3n) is 3.69. The Balaban J connectivity index is 1.66. The van der Waals surface area contributed by atoms with Gasteiger partial charge in [-0.25, -0.2) is 0 Å². The highest BCUT2D eigenvalue weighted by atomic mass is 16.7. The lowest BCUT2D eigenvalue weighted by atomic mass is 10.1. The Labute approximate surface area is 128 Å². The number of furan rings is 1. The van der Waals surface area contributed by atoms with Crippen LogP contribution in [0.4, 0.5) is 0 Å². The van der Waals surface area contributed by atoms with Crippen LogP contribution >= 0.6 is 0 Å². The van der Waals surface area contributed by atoms with Crippen molar-refractivity contribution in [1.82, 2.24) is 5.32 Å². The van der Waals surface area contributed by atoms with Gasteiger partial charge < -0.3 is 24.1 Å². The first-order valence-corrected chi connectivity index (χ1v) is 7.16. The second kappa shape index (κ2) is 6.11. The molecule has 116 valence electrons. The topological polar surface area (TPSA) is 65.1 Å². The minimum absolute atomic E-state index is 0.0629. The Morgan fingerprint density at radius 3 is 2.82 bits per heavy atom. The fraction of sp³-hybridized carbons (Fsp3) is 0.312. The van der Waals surface area contributed by atoms with Gasteiger partial charge in [0.05, 0.1) is 26.9 Å². The van der Waals surface area contributed by atoms with Gasteiger partial charge in [0.2, 0.25) is 6.79 Å². The number of hydrogen-bond donors (Lipinski definition) is 2. The van der Waals surface area contributed by atoms with E-state index in [0.717, 1.165) is 5.76 Å². The van der Waals surface area contributed by atoms with Crippen molar-refractivity contribution in [3.63, 3.8) is 0 Å². The predicted octanol–water partition coefficient (Wildman–Crippen LogP) is 0.624. The maximum Gasteiger partial charge on any atom is 0.251 e. The van der Waals surface area contributed by atoms with E-state index in [4.69, 9.17) is 13.9 Å². The summed E-state index contributed by atoms with van der Waals surface area (Å²) in [5.74, 6) is 1.98. The first-order chi connectivity index (χ1) is 10.6. The smallest absolute Gasteiger partial charge is 0.251 e. The highest BCUT2D eigenvalue weighted by Gasteiger charge is 2.22. The number of rotatable bonds is 5. The minimum atomic E-state index is -0.142. The molecule has 1 aliphatic heterocycles. The molecular formula is C16H19N2O4+. The quantitative estimate of drug-likeness (QED) is 0.850. The van der Waals surface area contributed by atoms with Gasteiger partial charge in [-0.3, -0.25) is 4.79 Å². The summed E-state index contributed by atoms with van der Waals surface area (Å²) in [7, 11) is 4.06. The summed E-state index contributed by atoms with van der Waals surface area (Å²) >= 11 is 0. The molecule has 0 bridgehead atoms. The zero-order valence-electron chi connectivity index (χ0n) is 12.6. The van der Waals surface area contributed by atoms with Gasteiger partial charge in [0.1, 0.15) is 0 Å². The number of fused-ring (bicyclic) bond motifs is 1. The Morgan fingerprint density at radius 1 is 1.27 bits per heavy atom. The summed E-state index contributed by atoms with van der Waals surface area (Å²) in [6.45, 7) is 0.689. The van der Waals surface area contributed by atoms with Crippen LogP contribution in [0.1, 0.15) is 22.2 Å². The SMILES string of the molecule is C[NH+](C)[C@@H](CNC(=O)c1ccc2c(c1)OCO2)c1ccco1. The molecule has 2 heterocycles. The van der Waals surface area contributed by atoms with Gasteiger partial charge in [-0.2, -0.15) is 0 Å². The second-order valence-corrected chi connectivity index (χ2v) is 5.42. The number of likely N-dealkylation sites (N-methyl/N-ethyl adjacent to an activating group) is 1. The van der Waals surface area contributed by atoms with Crippen molar-refractivity contribution >= 4 is 5.91 Å². The average Bonchev–Trinajstić information content (AvgIpc) is 3.17. The first-order valence-electron chi connectivity index (χ1n) is 7.16. The molecule has 0 saturated carbocycles. The van der Waals surface area contributed by atoms with Gasteiger partial charge in [0.15, 0.2) is 23.3 Å². The van der Waals surface area contributed by atoms with Crippen LogP contribution in [-0.4, -0.2) is 33.3 Å². The molecule has 22 heavy (non-hydrogen) atoms. The molecule has 1 atom stereocenters. The van der Waals surface area contributed by atoms with Crippen LogP contribution in [0.25, 0.3) is 0 Å². The number of nitrogens with one attached hydrogen (secondary N) is 2. The van der Waals surface area contributed by atoms with Crippen LogP contribution in [0.2, 0.25) is 0 Å². The van der Waals surface area contributed by atoms with Gasteiger partial charge >= 0.3 is 0 Å². The molecule has 0 saturated heterocycles. The van der Waals surface area contributed by atoms with Crippen LogP contribution in [0.5, 0.6) is 11.5 Å². The van der Waals surface area contributed by atoms with Crippen molar-refractivity contribution in [2.24, 2.45) is 0 Å². The molecule has 1 aliphatic rings. The van der Waals surface area contributed by atoms with Gasteiger partial charge in [-0.05, 0) is 30.3 Å². The molecule has 0 radical (unpaired) electrons. The maximum absolute atomic E-state index is 12.3. The number of ether oxygens (including phenoxy) is 2. The first kappa shape index (κ1) is 14.5. The van der Waals surface area contributed by atoms with Crippen LogP contribution < -0.4 is 19.7 Å². The van der Waals surface area contributed by atoms with E-state index in [-0.39, 0.29) is 18.7 Å². The van der Waals surface area contributed by atoms with E-state index in [0.29, 0.717) is 23.6 Å².